The average molecular weight is 162 g/mol. The second kappa shape index (κ2) is 5.52. The van der Waals surface area contributed by atoms with Crippen LogP contribution in [0.3, 0.4) is 0 Å². The van der Waals surface area contributed by atoms with E-state index < -0.39 is 6.10 Å². The van der Waals surface area contributed by atoms with Crippen molar-refractivity contribution >= 4 is 0 Å². The van der Waals surface area contributed by atoms with Crippen LogP contribution < -0.4 is 0 Å². The molecule has 68 valence electrons. The summed E-state index contributed by atoms with van der Waals surface area (Å²) < 4.78 is 0. The van der Waals surface area contributed by atoms with Crippen molar-refractivity contribution < 1.29 is 15.3 Å². The Hall–Kier alpha value is -0.120. The molecule has 0 aliphatic carbocycles. The third-order valence-corrected chi connectivity index (χ3v) is 1.83. The molecule has 0 amide bonds. The molecule has 11 heavy (non-hydrogen) atoms. The molecule has 0 aliphatic rings. The first-order valence-electron chi connectivity index (χ1n) is 4.05. The van der Waals surface area contributed by atoms with Crippen LogP contribution in [0.15, 0.2) is 0 Å². The Morgan fingerprint density at radius 3 is 2.00 bits per heavy atom. The summed E-state index contributed by atoms with van der Waals surface area (Å²) in [4.78, 5) is 0. The van der Waals surface area contributed by atoms with Gasteiger partial charge in [-0.1, -0.05) is 6.92 Å². The SMILES string of the molecule is CC(O)CC[C@@H](O)[C@@H](C)CO. The van der Waals surface area contributed by atoms with Gasteiger partial charge in [0.1, 0.15) is 0 Å². The van der Waals surface area contributed by atoms with Crippen LogP contribution >= 0.6 is 0 Å². The maximum Gasteiger partial charge on any atom is 0.0588 e. The molecule has 3 nitrogen and oxygen atoms in total. The zero-order valence-corrected chi connectivity index (χ0v) is 7.20. The van der Waals surface area contributed by atoms with Crippen LogP contribution in [-0.4, -0.2) is 34.1 Å². The predicted octanol–water partition coefficient (Wildman–Crippen LogP) is 0.137. The highest BCUT2D eigenvalue weighted by molar-refractivity contribution is 4.64. The number of aliphatic hydroxyl groups excluding tert-OH is 3. The molecule has 3 atom stereocenters. The van der Waals surface area contributed by atoms with E-state index in [1.807, 2.05) is 0 Å². The quantitative estimate of drug-likeness (QED) is 0.539. The number of aliphatic hydroxyl groups is 3. The number of hydrogen-bond donors (Lipinski definition) is 3. The van der Waals surface area contributed by atoms with Crippen molar-refractivity contribution in [3.63, 3.8) is 0 Å². The molecule has 1 unspecified atom stereocenters. The largest absolute Gasteiger partial charge is 0.396 e. The van der Waals surface area contributed by atoms with Gasteiger partial charge in [0.05, 0.1) is 12.2 Å². The van der Waals surface area contributed by atoms with E-state index in [0.717, 1.165) is 0 Å². The monoisotopic (exact) mass is 162 g/mol. The molecule has 0 aromatic rings. The molecule has 0 fully saturated rings. The summed E-state index contributed by atoms with van der Waals surface area (Å²) in [7, 11) is 0. The van der Waals surface area contributed by atoms with Gasteiger partial charge in [0.2, 0.25) is 0 Å². The predicted molar refractivity (Wildman–Crippen MR) is 43.2 cm³/mol. The molecule has 0 spiro atoms. The van der Waals surface area contributed by atoms with E-state index in [1.165, 1.54) is 0 Å². The smallest absolute Gasteiger partial charge is 0.0588 e. The van der Waals surface area contributed by atoms with Crippen molar-refractivity contribution in [3.8, 4) is 0 Å². The summed E-state index contributed by atoms with van der Waals surface area (Å²) in [5.41, 5.74) is 0. The van der Waals surface area contributed by atoms with E-state index in [1.54, 1.807) is 13.8 Å². The summed E-state index contributed by atoms with van der Waals surface area (Å²) >= 11 is 0. The van der Waals surface area contributed by atoms with Crippen LogP contribution in [-0.2, 0) is 0 Å². The van der Waals surface area contributed by atoms with Gasteiger partial charge in [0.25, 0.3) is 0 Å². The number of hydrogen-bond acceptors (Lipinski definition) is 3. The van der Waals surface area contributed by atoms with E-state index in [9.17, 15) is 5.11 Å². The lowest BCUT2D eigenvalue weighted by Crippen LogP contribution is -2.22. The summed E-state index contributed by atoms with van der Waals surface area (Å²) in [5.74, 6) is -0.0891. The molecule has 0 aliphatic heterocycles. The van der Waals surface area contributed by atoms with Crippen LogP contribution in [0.2, 0.25) is 0 Å². The maximum atomic E-state index is 9.30. The van der Waals surface area contributed by atoms with E-state index in [0.29, 0.717) is 12.8 Å². The first-order valence-corrected chi connectivity index (χ1v) is 4.05. The summed E-state index contributed by atoms with van der Waals surface area (Å²) in [6.07, 6.45) is 0.287. The molecule has 0 heterocycles. The zero-order chi connectivity index (χ0) is 8.85. The molecule has 0 aromatic heterocycles. The lowest BCUT2D eigenvalue weighted by atomic mass is 10.0. The molecular weight excluding hydrogens is 144 g/mol. The Morgan fingerprint density at radius 1 is 1.09 bits per heavy atom. The second-order valence-corrected chi connectivity index (χ2v) is 3.15. The Labute approximate surface area is 67.7 Å². The summed E-state index contributed by atoms with van der Waals surface area (Å²) in [6.45, 7) is 3.48. The van der Waals surface area contributed by atoms with E-state index in [4.69, 9.17) is 10.2 Å². The molecule has 3 N–H and O–H groups in total. The maximum absolute atomic E-state index is 9.30. The minimum absolute atomic E-state index is 0.000968. The van der Waals surface area contributed by atoms with Gasteiger partial charge < -0.3 is 15.3 Å². The van der Waals surface area contributed by atoms with Crippen LogP contribution in [0.5, 0.6) is 0 Å². The van der Waals surface area contributed by atoms with Gasteiger partial charge in [-0.05, 0) is 19.8 Å². The lowest BCUT2D eigenvalue weighted by Gasteiger charge is -2.16. The fourth-order valence-electron chi connectivity index (χ4n) is 0.818. The minimum Gasteiger partial charge on any atom is -0.396 e. The van der Waals surface area contributed by atoms with Crippen molar-refractivity contribution in [1.82, 2.24) is 0 Å². The topological polar surface area (TPSA) is 60.7 Å². The van der Waals surface area contributed by atoms with Crippen molar-refractivity contribution in [2.75, 3.05) is 6.61 Å². The minimum atomic E-state index is -0.491. The molecule has 3 heteroatoms. The highest BCUT2D eigenvalue weighted by Crippen LogP contribution is 2.09. The Kier molecular flexibility index (Phi) is 5.46. The van der Waals surface area contributed by atoms with Crippen molar-refractivity contribution in [3.05, 3.63) is 0 Å². The molecule has 0 aromatic carbocycles. The van der Waals surface area contributed by atoms with Crippen LogP contribution in [0.25, 0.3) is 0 Å². The Balaban J connectivity index is 3.43. The van der Waals surface area contributed by atoms with Crippen molar-refractivity contribution in [1.29, 1.82) is 0 Å². The zero-order valence-electron chi connectivity index (χ0n) is 7.20. The second-order valence-electron chi connectivity index (χ2n) is 3.15. The molecule has 0 bridgehead atoms. The van der Waals surface area contributed by atoms with Crippen molar-refractivity contribution in [2.24, 2.45) is 5.92 Å². The third kappa shape index (κ3) is 5.18. The van der Waals surface area contributed by atoms with Gasteiger partial charge in [-0.15, -0.1) is 0 Å². The lowest BCUT2D eigenvalue weighted by molar-refractivity contribution is 0.0564. The van der Waals surface area contributed by atoms with E-state index >= 15 is 0 Å². The van der Waals surface area contributed by atoms with Gasteiger partial charge in [-0.25, -0.2) is 0 Å². The van der Waals surface area contributed by atoms with E-state index in [-0.39, 0.29) is 18.6 Å². The fourth-order valence-corrected chi connectivity index (χ4v) is 0.818. The van der Waals surface area contributed by atoms with Crippen LogP contribution in [0.1, 0.15) is 26.7 Å². The van der Waals surface area contributed by atoms with E-state index in [2.05, 4.69) is 0 Å². The van der Waals surface area contributed by atoms with Gasteiger partial charge in [0.15, 0.2) is 0 Å². The molecule has 0 saturated carbocycles. The molecule has 0 saturated heterocycles. The summed E-state index contributed by atoms with van der Waals surface area (Å²) in [5, 5.41) is 26.8. The van der Waals surface area contributed by atoms with Gasteiger partial charge in [-0.3, -0.25) is 0 Å². The van der Waals surface area contributed by atoms with Crippen LogP contribution in [0, 0.1) is 5.92 Å². The first-order chi connectivity index (χ1) is 5.07. The molecular formula is C8H18O3. The summed E-state index contributed by atoms with van der Waals surface area (Å²) in [6, 6.07) is 0. The third-order valence-electron chi connectivity index (χ3n) is 1.83. The van der Waals surface area contributed by atoms with Gasteiger partial charge >= 0.3 is 0 Å². The Bertz CT molecular complexity index is 93.3. The molecule has 0 rings (SSSR count). The fraction of sp³-hybridized carbons (Fsp3) is 1.00. The number of rotatable bonds is 5. The first kappa shape index (κ1) is 10.9. The average Bonchev–Trinajstić information content (AvgIpc) is 1.98. The highest BCUT2D eigenvalue weighted by Gasteiger charge is 2.13. The normalized spacial score (nSPS) is 19.4. The highest BCUT2D eigenvalue weighted by atomic mass is 16.3. The van der Waals surface area contributed by atoms with Crippen molar-refractivity contribution in [2.45, 2.75) is 38.9 Å². The van der Waals surface area contributed by atoms with Gasteiger partial charge in [-0.2, -0.15) is 0 Å². The van der Waals surface area contributed by atoms with Crippen LogP contribution in [0.4, 0.5) is 0 Å². The standard InChI is InChI=1S/C8H18O3/c1-6(5-9)8(11)4-3-7(2)10/h6-11H,3-5H2,1-2H3/t6-,7?,8+/m0/s1. The molecule has 0 radical (unpaired) electrons. The van der Waals surface area contributed by atoms with Gasteiger partial charge in [0, 0.05) is 12.5 Å². The Morgan fingerprint density at radius 2 is 1.64 bits per heavy atom.